The van der Waals surface area contributed by atoms with Gasteiger partial charge in [0.15, 0.2) is 0 Å². The van der Waals surface area contributed by atoms with Gasteiger partial charge in [0, 0.05) is 6.08 Å². The summed E-state index contributed by atoms with van der Waals surface area (Å²) in [5.41, 5.74) is 0. The Kier molecular flexibility index (Phi) is 2.56. The number of hydrogen-bond donors (Lipinski definition) is 1. The highest BCUT2D eigenvalue weighted by molar-refractivity contribution is 5.82. The van der Waals surface area contributed by atoms with Crippen LogP contribution >= 0.6 is 0 Å². The first-order chi connectivity index (χ1) is 6.66. The summed E-state index contributed by atoms with van der Waals surface area (Å²) in [5, 5.41) is 9.63. The molecule has 2 aliphatic heterocycles. The van der Waals surface area contributed by atoms with Crippen molar-refractivity contribution in [1.29, 1.82) is 0 Å². The normalized spacial score (nSPS) is 44.9. The first kappa shape index (κ1) is 9.68. The summed E-state index contributed by atoms with van der Waals surface area (Å²) in [7, 11) is 0. The Morgan fingerprint density at radius 2 is 2.29 bits per heavy atom. The first-order valence-electron chi connectivity index (χ1n) is 4.89. The number of ether oxygens (including phenoxy) is 2. The fourth-order valence-corrected chi connectivity index (χ4v) is 1.64. The average molecular weight is 198 g/mol. The van der Waals surface area contributed by atoms with Gasteiger partial charge in [-0.1, -0.05) is 0 Å². The molecule has 0 aromatic heterocycles. The second-order valence-electron chi connectivity index (χ2n) is 3.82. The molecule has 14 heavy (non-hydrogen) atoms. The van der Waals surface area contributed by atoms with E-state index in [0.29, 0.717) is 12.8 Å². The number of fused-ring (bicyclic) bond motifs is 1. The van der Waals surface area contributed by atoms with Crippen molar-refractivity contribution >= 4 is 5.97 Å². The predicted octanol–water partition coefficient (Wildman–Crippen LogP) is 0.396. The molecule has 1 N–H and O–H groups in total. The van der Waals surface area contributed by atoms with E-state index in [4.69, 9.17) is 9.47 Å². The van der Waals surface area contributed by atoms with E-state index < -0.39 is 6.10 Å². The van der Waals surface area contributed by atoms with E-state index in [1.54, 1.807) is 6.08 Å². The molecule has 4 nitrogen and oxygen atoms in total. The van der Waals surface area contributed by atoms with Gasteiger partial charge in [-0.25, -0.2) is 4.79 Å². The summed E-state index contributed by atoms with van der Waals surface area (Å²) in [4.78, 5) is 11.1. The van der Waals surface area contributed by atoms with Gasteiger partial charge < -0.3 is 14.6 Å². The topological polar surface area (TPSA) is 59.1 Å². The van der Waals surface area contributed by atoms with Gasteiger partial charge in [-0.05, 0) is 25.8 Å². The van der Waals surface area contributed by atoms with Crippen molar-refractivity contribution in [1.82, 2.24) is 0 Å². The van der Waals surface area contributed by atoms with Crippen molar-refractivity contribution < 1.29 is 19.4 Å². The van der Waals surface area contributed by atoms with Gasteiger partial charge in [0.2, 0.25) is 0 Å². The monoisotopic (exact) mass is 198 g/mol. The molecule has 0 aliphatic carbocycles. The van der Waals surface area contributed by atoms with Crippen LogP contribution in [0, 0.1) is 0 Å². The zero-order chi connectivity index (χ0) is 10.1. The minimum Gasteiger partial charge on any atom is -0.460 e. The third kappa shape index (κ3) is 2.13. The van der Waals surface area contributed by atoms with Crippen LogP contribution in [0.4, 0.5) is 0 Å². The van der Waals surface area contributed by atoms with Gasteiger partial charge in [-0.2, -0.15) is 0 Å². The lowest BCUT2D eigenvalue weighted by atomic mass is 10.1. The number of carbonyl (C=O) groups excluding carboxylic acids is 1. The number of esters is 1. The number of hydrogen-bond acceptors (Lipinski definition) is 4. The predicted molar refractivity (Wildman–Crippen MR) is 48.6 cm³/mol. The summed E-state index contributed by atoms with van der Waals surface area (Å²) in [6.07, 6.45) is 3.50. The van der Waals surface area contributed by atoms with Crippen LogP contribution in [0.2, 0.25) is 0 Å². The zero-order valence-electron chi connectivity index (χ0n) is 8.05. The molecule has 0 aromatic carbocycles. The lowest BCUT2D eigenvalue weighted by Crippen LogP contribution is -2.22. The highest BCUT2D eigenvalue weighted by atomic mass is 16.6. The lowest BCUT2D eigenvalue weighted by molar-refractivity contribution is -0.142. The van der Waals surface area contributed by atoms with E-state index in [9.17, 15) is 9.90 Å². The molecule has 1 fully saturated rings. The minimum atomic E-state index is -0.441. The van der Waals surface area contributed by atoms with Crippen LogP contribution in [-0.2, 0) is 14.3 Å². The van der Waals surface area contributed by atoms with Crippen LogP contribution in [-0.4, -0.2) is 35.5 Å². The smallest absolute Gasteiger partial charge is 0.330 e. The number of carbonyl (C=O) groups is 1. The molecule has 0 unspecified atom stereocenters. The number of rotatable bonds is 0. The zero-order valence-corrected chi connectivity index (χ0v) is 8.05. The van der Waals surface area contributed by atoms with Crippen molar-refractivity contribution in [3.63, 3.8) is 0 Å². The first-order valence-corrected chi connectivity index (χ1v) is 4.89. The van der Waals surface area contributed by atoms with E-state index >= 15 is 0 Å². The second-order valence-corrected chi connectivity index (χ2v) is 3.82. The molecule has 0 radical (unpaired) electrons. The fourth-order valence-electron chi connectivity index (χ4n) is 1.64. The molecule has 4 heteroatoms. The molecule has 0 aromatic rings. The number of aliphatic hydroxyl groups is 1. The van der Waals surface area contributed by atoms with Gasteiger partial charge in [-0.15, -0.1) is 0 Å². The van der Waals surface area contributed by atoms with Crippen molar-refractivity contribution in [2.45, 2.75) is 44.2 Å². The quantitative estimate of drug-likeness (QED) is 0.452. The Bertz CT molecular complexity index is 261. The molecular formula is C10H14O4. The Labute approximate surface area is 82.5 Å². The maximum Gasteiger partial charge on any atom is 0.330 e. The highest BCUT2D eigenvalue weighted by Gasteiger charge is 2.42. The van der Waals surface area contributed by atoms with Crippen molar-refractivity contribution in [3.05, 3.63) is 12.2 Å². The third-order valence-corrected chi connectivity index (χ3v) is 2.55. The SMILES string of the molecule is C[C@H]1CC[C@@H](O)[C@@H]2O[C@@H]2/C=C\C(=O)O1. The highest BCUT2D eigenvalue weighted by Crippen LogP contribution is 2.29. The van der Waals surface area contributed by atoms with E-state index in [2.05, 4.69) is 0 Å². The molecule has 78 valence electrons. The van der Waals surface area contributed by atoms with Crippen LogP contribution in [0.5, 0.6) is 0 Å². The standard InChI is InChI=1S/C10H14O4/c1-6-2-3-7(11)10-8(14-10)4-5-9(12)13-6/h4-8,10-11H,2-3H2,1H3/b5-4-/t6-,7+,8+,10-/m0/s1. The summed E-state index contributed by atoms with van der Waals surface area (Å²) in [5.74, 6) is -0.330. The van der Waals surface area contributed by atoms with Crippen molar-refractivity contribution in [2.75, 3.05) is 0 Å². The molecule has 4 atom stereocenters. The van der Waals surface area contributed by atoms with Gasteiger partial charge in [-0.3, -0.25) is 0 Å². The molecule has 0 spiro atoms. The summed E-state index contributed by atoms with van der Waals surface area (Å²) in [6.45, 7) is 1.82. The van der Waals surface area contributed by atoms with Crippen LogP contribution in [0.15, 0.2) is 12.2 Å². The van der Waals surface area contributed by atoms with Crippen molar-refractivity contribution in [2.24, 2.45) is 0 Å². The number of epoxide rings is 1. The molecule has 1 saturated heterocycles. The Morgan fingerprint density at radius 3 is 3.07 bits per heavy atom. The van der Waals surface area contributed by atoms with Gasteiger partial charge in [0.1, 0.15) is 12.2 Å². The Hall–Kier alpha value is -0.870. The molecule has 0 amide bonds. The molecule has 0 saturated carbocycles. The third-order valence-electron chi connectivity index (χ3n) is 2.55. The fraction of sp³-hybridized carbons (Fsp3) is 0.700. The van der Waals surface area contributed by atoms with E-state index in [0.717, 1.165) is 0 Å². The van der Waals surface area contributed by atoms with Crippen LogP contribution < -0.4 is 0 Å². The summed E-state index contributed by atoms with van der Waals surface area (Å²) in [6, 6.07) is 0. The molecule has 0 bridgehead atoms. The van der Waals surface area contributed by atoms with Crippen LogP contribution in [0.3, 0.4) is 0 Å². The van der Waals surface area contributed by atoms with Crippen LogP contribution in [0.1, 0.15) is 19.8 Å². The average Bonchev–Trinajstić information content (AvgIpc) is 2.89. The maximum absolute atomic E-state index is 11.1. The Balaban J connectivity index is 2.02. The van der Waals surface area contributed by atoms with E-state index in [1.165, 1.54) is 6.08 Å². The number of cyclic esters (lactones) is 1. The van der Waals surface area contributed by atoms with Crippen molar-refractivity contribution in [3.8, 4) is 0 Å². The van der Waals surface area contributed by atoms with Crippen LogP contribution in [0.25, 0.3) is 0 Å². The van der Waals surface area contributed by atoms with E-state index in [1.807, 2.05) is 6.92 Å². The van der Waals surface area contributed by atoms with E-state index in [-0.39, 0.29) is 24.3 Å². The lowest BCUT2D eigenvalue weighted by Gasteiger charge is -2.14. The molecular weight excluding hydrogens is 184 g/mol. The van der Waals surface area contributed by atoms with Gasteiger partial charge >= 0.3 is 5.97 Å². The largest absolute Gasteiger partial charge is 0.460 e. The maximum atomic E-state index is 11.1. The number of aliphatic hydroxyl groups excluding tert-OH is 1. The van der Waals surface area contributed by atoms with Gasteiger partial charge in [0.05, 0.1) is 12.2 Å². The second kappa shape index (κ2) is 3.71. The summed E-state index contributed by atoms with van der Waals surface area (Å²) < 4.78 is 10.2. The minimum absolute atomic E-state index is 0.106. The molecule has 2 aliphatic rings. The molecule has 2 rings (SSSR count). The summed E-state index contributed by atoms with van der Waals surface area (Å²) >= 11 is 0. The molecule has 2 heterocycles. The Morgan fingerprint density at radius 1 is 1.50 bits per heavy atom. The van der Waals surface area contributed by atoms with Gasteiger partial charge in [0.25, 0.3) is 0 Å².